The van der Waals surface area contributed by atoms with E-state index in [-0.39, 0.29) is 24.0 Å². The molecule has 5 nitrogen and oxygen atoms in total. The molecule has 2 aromatic rings. The molecule has 0 aliphatic rings. The van der Waals surface area contributed by atoms with Crippen molar-refractivity contribution in [3.05, 3.63) is 64.4 Å². The molecule has 2 rings (SSSR count). The molecule has 0 aliphatic heterocycles. The number of rotatable bonds is 7. The molecule has 0 amide bonds. The van der Waals surface area contributed by atoms with Crippen LogP contribution in [0.3, 0.4) is 0 Å². The van der Waals surface area contributed by atoms with E-state index in [2.05, 4.69) is 10.3 Å². The first kappa shape index (κ1) is 20.4. The van der Waals surface area contributed by atoms with Crippen molar-refractivity contribution in [2.24, 2.45) is 0 Å². The molecule has 0 saturated heterocycles. The van der Waals surface area contributed by atoms with Crippen molar-refractivity contribution in [1.29, 1.82) is 0 Å². The molecule has 0 aliphatic carbocycles. The first-order valence-corrected chi connectivity index (χ1v) is 7.69. The van der Waals surface area contributed by atoms with E-state index in [0.29, 0.717) is 17.4 Å². The number of aromatic carboxylic acids is 1. The van der Waals surface area contributed by atoms with Gasteiger partial charge in [-0.05, 0) is 43.2 Å². The van der Waals surface area contributed by atoms with Gasteiger partial charge in [0, 0.05) is 12.6 Å². The summed E-state index contributed by atoms with van der Waals surface area (Å²) in [4.78, 5) is 14.9. The molecule has 0 bridgehead atoms. The highest BCUT2D eigenvalue weighted by atomic mass is 35.5. The van der Waals surface area contributed by atoms with E-state index >= 15 is 0 Å². The third kappa shape index (κ3) is 6.09. The summed E-state index contributed by atoms with van der Waals surface area (Å²) in [6.45, 7) is 2.37. The number of aliphatic hydroxyl groups is 1. The van der Waals surface area contributed by atoms with Gasteiger partial charge < -0.3 is 15.5 Å². The van der Waals surface area contributed by atoms with E-state index in [4.69, 9.17) is 16.7 Å². The Kier molecular flexibility index (Phi) is 8.15. The summed E-state index contributed by atoms with van der Waals surface area (Å²) in [6.07, 6.45) is 0.000755. The van der Waals surface area contributed by atoms with Gasteiger partial charge in [0.1, 0.15) is 11.3 Å². The van der Waals surface area contributed by atoms with Crippen LogP contribution in [0.25, 0.3) is 0 Å². The average molecular weight is 371 g/mol. The van der Waals surface area contributed by atoms with Gasteiger partial charge in [-0.25, -0.2) is 9.78 Å². The molecule has 0 spiro atoms. The van der Waals surface area contributed by atoms with Crippen molar-refractivity contribution in [3.63, 3.8) is 0 Å². The minimum Gasteiger partial charge on any atom is -0.478 e. The quantitative estimate of drug-likeness (QED) is 0.652. The largest absolute Gasteiger partial charge is 0.478 e. The summed E-state index contributed by atoms with van der Waals surface area (Å²) >= 11 is 5.81. The number of carbonyl (C=O) groups is 1. The summed E-state index contributed by atoms with van der Waals surface area (Å²) < 4.78 is 0. The Morgan fingerprint density at radius 3 is 2.50 bits per heavy atom. The number of carboxylic acid groups (broad SMARTS) is 1. The molecule has 3 N–H and O–H groups in total. The van der Waals surface area contributed by atoms with E-state index in [1.807, 2.05) is 6.92 Å². The fourth-order valence-corrected chi connectivity index (χ4v) is 2.41. The van der Waals surface area contributed by atoms with Crippen LogP contribution in [0, 0.1) is 0 Å². The van der Waals surface area contributed by atoms with E-state index in [9.17, 15) is 9.90 Å². The van der Waals surface area contributed by atoms with Crippen LogP contribution >= 0.6 is 24.0 Å². The second-order valence-electron chi connectivity index (χ2n) is 5.42. The van der Waals surface area contributed by atoms with Gasteiger partial charge in [0.05, 0.1) is 11.3 Å². The van der Waals surface area contributed by atoms with Crippen molar-refractivity contribution in [2.75, 3.05) is 6.54 Å². The van der Waals surface area contributed by atoms with Gasteiger partial charge in [0.15, 0.2) is 0 Å². The third-order valence-corrected chi connectivity index (χ3v) is 3.69. The monoisotopic (exact) mass is 370 g/mol. The molecule has 2 unspecified atom stereocenters. The Morgan fingerprint density at radius 1 is 1.25 bits per heavy atom. The molecule has 0 saturated carbocycles. The lowest BCUT2D eigenvalue weighted by molar-refractivity contribution is 0.0697. The van der Waals surface area contributed by atoms with Gasteiger partial charge >= 0.3 is 5.97 Å². The molecule has 7 heteroatoms. The zero-order valence-electron chi connectivity index (χ0n) is 13.1. The van der Waals surface area contributed by atoms with E-state index in [1.54, 1.807) is 42.5 Å². The minimum absolute atomic E-state index is 0. The van der Waals surface area contributed by atoms with Gasteiger partial charge in [-0.3, -0.25) is 0 Å². The van der Waals surface area contributed by atoms with Crippen LogP contribution in [-0.2, 0) is 6.42 Å². The fourth-order valence-electron chi connectivity index (χ4n) is 2.24. The van der Waals surface area contributed by atoms with E-state index in [1.165, 1.54) is 0 Å². The Morgan fingerprint density at radius 2 is 1.92 bits per heavy atom. The number of pyridine rings is 1. The number of halogens is 2. The van der Waals surface area contributed by atoms with Gasteiger partial charge in [0.25, 0.3) is 0 Å². The Balaban J connectivity index is 0.00000288. The van der Waals surface area contributed by atoms with Gasteiger partial charge in [-0.15, -0.1) is 12.4 Å². The molecular formula is C17H20Cl2N2O3. The summed E-state index contributed by atoms with van der Waals surface area (Å²) in [5, 5.41) is 22.6. The summed E-state index contributed by atoms with van der Waals surface area (Å²) in [6, 6.07) is 12.1. The zero-order chi connectivity index (χ0) is 16.8. The first-order chi connectivity index (χ1) is 11.0. The fraction of sp³-hybridized carbons (Fsp3) is 0.294. The summed E-state index contributed by atoms with van der Waals surface area (Å²) in [7, 11) is 0. The SMILES string of the molecule is CC(Cc1ccc(C(=O)O)cc1)NCC(O)c1cccc(Cl)n1.Cl. The number of nitrogens with zero attached hydrogens (tertiary/aromatic N) is 1. The molecule has 1 heterocycles. The predicted molar refractivity (Wildman–Crippen MR) is 96.0 cm³/mol. The molecule has 24 heavy (non-hydrogen) atoms. The zero-order valence-corrected chi connectivity index (χ0v) is 14.7. The maximum Gasteiger partial charge on any atom is 0.335 e. The number of hydrogen-bond donors (Lipinski definition) is 3. The summed E-state index contributed by atoms with van der Waals surface area (Å²) in [5.74, 6) is -0.931. The highest BCUT2D eigenvalue weighted by Gasteiger charge is 2.12. The second kappa shape index (κ2) is 9.59. The minimum atomic E-state index is -0.931. The molecule has 130 valence electrons. The lowest BCUT2D eigenvalue weighted by atomic mass is 10.0. The number of hydrogen-bond acceptors (Lipinski definition) is 4. The number of carboxylic acids is 1. The molecule has 1 aromatic carbocycles. The lowest BCUT2D eigenvalue weighted by Crippen LogP contribution is -2.32. The number of aliphatic hydroxyl groups excluding tert-OH is 1. The number of nitrogens with one attached hydrogen (secondary N) is 1. The Bertz CT molecular complexity index is 665. The Hall–Kier alpha value is -1.66. The highest BCUT2D eigenvalue weighted by Crippen LogP contribution is 2.13. The second-order valence-corrected chi connectivity index (χ2v) is 5.80. The van der Waals surface area contributed by atoms with Crippen molar-refractivity contribution in [2.45, 2.75) is 25.5 Å². The van der Waals surface area contributed by atoms with Crippen molar-refractivity contribution in [1.82, 2.24) is 10.3 Å². The van der Waals surface area contributed by atoms with Crippen LogP contribution < -0.4 is 5.32 Å². The maximum atomic E-state index is 10.8. The number of aromatic nitrogens is 1. The molecule has 2 atom stereocenters. The van der Waals surface area contributed by atoms with Crippen LogP contribution in [0.2, 0.25) is 5.15 Å². The van der Waals surface area contributed by atoms with Crippen molar-refractivity contribution < 1.29 is 15.0 Å². The van der Waals surface area contributed by atoms with Gasteiger partial charge in [0.2, 0.25) is 0 Å². The molecule has 0 fully saturated rings. The normalized spacial score (nSPS) is 13.0. The van der Waals surface area contributed by atoms with Crippen LogP contribution in [0.4, 0.5) is 0 Å². The van der Waals surface area contributed by atoms with Crippen molar-refractivity contribution in [3.8, 4) is 0 Å². The third-order valence-electron chi connectivity index (χ3n) is 3.48. The van der Waals surface area contributed by atoms with Crippen LogP contribution in [-0.4, -0.2) is 33.8 Å². The van der Waals surface area contributed by atoms with Crippen LogP contribution in [0.15, 0.2) is 42.5 Å². The van der Waals surface area contributed by atoms with Gasteiger partial charge in [-0.2, -0.15) is 0 Å². The first-order valence-electron chi connectivity index (χ1n) is 7.32. The topological polar surface area (TPSA) is 82.5 Å². The molecule has 0 radical (unpaired) electrons. The van der Waals surface area contributed by atoms with E-state index < -0.39 is 12.1 Å². The van der Waals surface area contributed by atoms with Crippen molar-refractivity contribution >= 4 is 30.0 Å². The van der Waals surface area contributed by atoms with Crippen LogP contribution in [0.1, 0.15) is 34.6 Å². The standard InChI is InChI=1S/C17H19ClN2O3.ClH/c1-11(9-12-5-7-13(8-6-12)17(22)23)19-10-15(21)14-3-2-4-16(18)20-14;/h2-8,11,15,19,21H,9-10H2,1H3,(H,22,23);1H. The summed E-state index contributed by atoms with van der Waals surface area (Å²) in [5.41, 5.74) is 1.84. The maximum absolute atomic E-state index is 10.8. The van der Waals surface area contributed by atoms with E-state index in [0.717, 1.165) is 12.0 Å². The lowest BCUT2D eigenvalue weighted by Gasteiger charge is -2.17. The average Bonchev–Trinajstić information content (AvgIpc) is 2.53. The Labute approximate surface area is 152 Å². The van der Waals surface area contributed by atoms with Gasteiger partial charge in [-0.1, -0.05) is 29.8 Å². The molecule has 1 aromatic heterocycles. The smallest absolute Gasteiger partial charge is 0.335 e. The highest BCUT2D eigenvalue weighted by molar-refractivity contribution is 6.29. The molecular weight excluding hydrogens is 351 g/mol. The predicted octanol–water partition coefficient (Wildman–Crippen LogP) is 3.11. The number of benzene rings is 1. The van der Waals surface area contributed by atoms with Crippen LogP contribution in [0.5, 0.6) is 0 Å².